The molecule has 0 saturated heterocycles. The maximum Gasteiger partial charge on any atom is 0.137 e. The van der Waals surface area contributed by atoms with Crippen LogP contribution in [0.3, 0.4) is 0 Å². The molecule has 0 saturated carbocycles. The SMILES string of the molecule is CC(C)c1ccc(-c2ncc(CO)[nH]2)cc1. The number of aliphatic hydroxyl groups excluding tert-OH is 1. The molecular formula is C13H16N2O. The molecule has 2 rings (SSSR count). The van der Waals surface area contributed by atoms with Gasteiger partial charge in [-0.25, -0.2) is 4.98 Å². The van der Waals surface area contributed by atoms with Crippen molar-refractivity contribution in [3.05, 3.63) is 41.7 Å². The van der Waals surface area contributed by atoms with Crippen LogP contribution in [0, 0.1) is 0 Å². The van der Waals surface area contributed by atoms with Crippen LogP contribution in [0.5, 0.6) is 0 Å². The maximum absolute atomic E-state index is 8.94. The fraction of sp³-hybridized carbons (Fsp3) is 0.308. The second-order valence-electron chi connectivity index (χ2n) is 4.19. The van der Waals surface area contributed by atoms with Gasteiger partial charge in [-0.15, -0.1) is 0 Å². The summed E-state index contributed by atoms with van der Waals surface area (Å²) < 4.78 is 0. The van der Waals surface area contributed by atoms with Gasteiger partial charge in [-0.1, -0.05) is 38.1 Å². The summed E-state index contributed by atoms with van der Waals surface area (Å²) in [5, 5.41) is 8.94. The van der Waals surface area contributed by atoms with Crippen LogP contribution in [-0.2, 0) is 6.61 Å². The number of imidazole rings is 1. The van der Waals surface area contributed by atoms with Gasteiger partial charge in [0.1, 0.15) is 5.82 Å². The number of aromatic nitrogens is 2. The Bertz CT molecular complexity index is 457. The quantitative estimate of drug-likeness (QED) is 0.828. The van der Waals surface area contributed by atoms with Crippen molar-refractivity contribution in [3.8, 4) is 11.4 Å². The molecule has 1 heterocycles. The molecule has 2 aromatic rings. The Morgan fingerprint density at radius 2 is 1.94 bits per heavy atom. The first-order valence-corrected chi connectivity index (χ1v) is 5.46. The Kier molecular flexibility index (Phi) is 3.06. The fourth-order valence-electron chi connectivity index (χ4n) is 1.61. The zero-order valence-electron chi connectivity index (χ0n) is 9.57. The van der Waals surface area contributed by atoms with Gasteiger partial charge in [-0.2, -0.15) is 0 Å². The second-order valence-corrected chi connectivity index (χ2v) is 4.19. The molecule has 2 N–H and O–H groups in total. The standard InChI is InChI=1S/C13H16N2O/c1-9(2)10-3-5-11(6-4-10)13-14-7-12(8-16)15-13/h3-7,9,16H,8H2,1-2H3,(H,14,15). The number of benzene rings is 1. The van der Waals surface area contributed by atoms with E-state index >= 15 is 0 Å². The molecule has 0 amide bonds. The lowest BCUT2D eigenvalue weighted by atomic mass is 10.0. The zero-order chi connectivity index (χ0) is 11.5. The number of nitrogens with zero attached hydrogens (tertiary/aromatic N) is 1. The fourth-order valence-corrected chi connectivity index (χ4v) is 1.61. The van der Waals surface area contributed by atoms with E-state index in [1.165, 1.54) is 5.56 Å². The summed E-state index contributed by atoms with van der Waals surface area (Å²) in [6.45, 7) is 4.34. The molecule has 0 radical (unpaired) electrons. The number of rotatable bonds is 3. The smallest absolute Gasteiger partial charge is 0.137 e. The van der Waals surface area contributed by atoms with Crippen LogP contribution < -0.4 is 0 Å². The summed E-state index contributed by atoms with van der Waals surface area (Å²) in [5.41, 5.74) is 3.10. The van der Waals surface area contributed by atoms with E-state index in [-0.39, 0.29) is 6.61 Å². The third-order valence-corrected chi connectivity index (χ3v) is 2.65. The highest BCUT2D eigenvalue weighted by Crippen LogP contribution is 2.20. The minimum absolute atomic E-state index is 0.00290. The van der Waals surface area contributed by atoms with Crippen LogP contribution in [0.2, 0.25) is 0 Å². The summed E-state index contributed by atoms with van der Waals surface area (Å²) in [5.74, 6) is 1.35. The zero-order valence-corrected chi connectivity index (χ0v) is 9.57. The van der Waals surface area contributed by atoms with Crippen molar-refractivity contribution in [3.63, 3.8) is 0 Å². The van der Waals surface area contributed by atoms with E-state index in [0.29, 0.717) is 5.92 Å². The number of hydrogen-bond acceptors (Lipinski definition) is 2. The molecule has 0 aliphatic carbocycles. The third-order valence-electron chi connectivity index (χ3n) is 2.65. The Morgan fingerprint density at radius 1 is 1.25 bits per heavy atom. The van der Waals surface area contributed by atoms with Crippen LogP contribution in [0.1, 0.15) is 31.0 Å². The van der Waals surface area contributed by atoms with Gasteiger partial charge in [-0.05, 0) is 11.5 Å². The highest BCUT2D eigenvalue weighted by atomic mass is 16.3. The van der Waals surface area contributed by atoms with E-state index in [1.54, 1.807) is 6.20 Å². The van der Waals surface area contributed by atoms with Crippen molar-refractivity contribution in [1.82, 2.24) is 9.97 Å². The molecule has 16 heavy (non-hydrogen) atoms. The predicted octanol–water partition coefficient (Wildman–Crippen LogP) is 2.69. The van der Waals surface area contributed by atoms with E-state index in [1.807, 2.05) is 0 Å². The molecule has 0 fully saturated rings. The van der Waals surface area contributed by atoms with Gasteiger partial charge in [0.05, 0.1) is 18.5 Å². The first-order chi connectivity index (χ1) is 7.70. The van der Waals surface area contributed by atoms with Gasteiger partial charge in [0, 0.05) is 5.56 Å². The summed E-state index contributed by atoms with van der Waals surface area (Å²) in [6.07, 6.45) is 1.66. The lowest BCUT2D eigenvalue weighted by Gasteiger charge is -2.05. The van der Waals surface area contributed by atoms with Crippen molar-refractivity contribution in [2.75, 3.05) is 0 Å². The van der Waals surface area contributed by atoms with Crippen molar-refractivity contribution in [1.29, 1.82) is 0 Å². The monoisotopic (exact) mass is 216 g/mol. The van der Waals surface area contributed by atoms with E-state index in [0.717, 1.165) is 17.1 Å². The normalized spacial score (nSPS) is 11.0. The number of hydrogen-bond donors (Lipinski definition) is 2. The Morgan fingerprint density at radius 3 is 2.44 bits per heavy atom. The molecular weight excluding hydrogens is 200 g/mol. The van der Waals surface area contributed by atoms with Crippen LogP contribution in [0.25, 0.3) is 11.4 Å². The third kappa shape index (κ3) is 2.14. The summed E-state index contributed by atoms with van der Waals surface area (Å²) in [7, 11) is 0. The van der Waals surface area contributed by atoms with Gasteiger partial charge >= 0.3 is 0 Å². The molecule has 0 atom stereocenters. The van der Waals surface area contributed by atoms with Crippen molar-refractivity contribution < 1.29 is 5.11 Å². The van der Waals surface area contributed by atoms with Crippen LogP contribution >= 0.6 is 0 Å². The van der Waals surface area contributed by atoms with E-state index in [4.69, 9.17) is 5.11 Å². The van der Waals surface area contributed by atoms with Gasteiger partial charge in [-0.3, -0.25) is 0 Å². The minimum atomic E-state index is -0.00290. The van der Waals surface area contributed by atoms with E-state index in [9.17, 15) is 0 Å². The Balaban J connectivity index is 2.27. The Labute approximate surface area is 95.2 Å². The lowest BCUT2D eigenvalue weighted by Crippen LogP contribution is -1.88. The average Bonchev–Trinajstić information content (AvgIpc) is 2.77. The number of nitrogens with one attached hydrogen (secondary N) is 1. The molecule has 1 aromatic carbocycles. The van der Waals surface area contributed by atoms with E-state index < -0.39 is 0 Å². The predicted molar refractivity (Wildman–Crippen MR) is 64.0 cm³/mol. The van der Waals surface area contributed by atoms with Gasteiger partial charge in [0.2, 0.25) is 0 Å². The summed E-state index contributed by atoms with van der Waals surface area (Å²) in [4.78, 5) is 7.28. The number of aromatic amines is 1. The minimum Gasteiger partial charge on any atom is -0.390 e. The van der Waals surface area contributed by atoms with Gasteiger partial charge in [0.15, 0.2) is 0 Å². The Hall–Kier alpha value is -1.61. The summed E-state index contributed by atoms with van der Waals surface area (Å²) >= 11 is 0. The number of H-pyrrole nitrogens is 1. The second kappa shape index (κ2) is 4.49. The van der Waals surface area contributed by atoms with E-state index in [2.05, 4.69) is 48.1 Å². The first kappa shape index (κ1) is 10.9. The average molecular weight is 216 g/mol. The first-order valence-electron chi connectivity index (χ1n) is 5.46. The molecule has 1 aromatic heterocycles. The molecule has 0 aliphatic heterocycles. The lowest BCUT2D eigenvalue weighted by molar-refractivity contribution is 0.277. The van der Waals surface area contributed by atoms with Crippen LogP contribution in [-0.4, -0.2) is 15.1 Å². The van der Waals surface area contributed by atoms with Gasteiger partial charge in [0.25, 0.3) is 0 Å². The number of aliphatic hydroxyl groups is 1. The molecule has 3 heteroatoms. The van der Waals surface area contributed by atoms with Crippen molar-refractivity contribution in [2.24, 2.45) is 0 Å². The molecule has 84 valence electrons. The highest BCUT2D eigenvalue weighted by molar-refractivity contribution is 5.55. The van der Waals surface area contributed by atoms with Crippen LogP contribution in [0.4, 0.5) is 0 Å². The molecule has 0 unspecified atom stereocenters. The summed E-state index contributed by atoms with van der Waals surface area (Å²) in [6, 6.07) is 8.33. The highest BCUT2D eigenvalue weighted by Gasteiger charge is 2.04. The topological polar surface area (TPSA) is 48.9 Å². The van der Waals surface area contributed by atoms with Crippen molar-refractivity contribution >= 4 is 0 Å². The molecule has 3 nitrogen and oxygen atoms in total. The van der Waals surface area contributed by atoms with Crippen molar-refractivity contribution in [2.45, 2.75) is 26.4 Å². The van der Waals surface area contributed by atoms with Gasteiger partial charge < -0.3 is 10.1 Å². The largest absolute Gasteiger partial charge is 0.390 e. The molecule has 0 spiro atoms. The molecule has 0 bridgehead atoms. The maximum atomic E-state index is 8.94. The molecule has 0 aliphatic rings. The van der Waals surface area contributed by atoms with Crippen LogP contribution in [0.15, 0.2) is 30.5 Å².